The summed E-state index contributed by atoms with van der Waals surface area (Å²) >= 11 is 0. The molecule has 1 rings (SSSR count). The lowest BCUT2D eigenvalue weighted by molar-refractivity contribution is -0.140. The summed E-state index contributed by atoms with van der Waals surface area (Å²) in [6, 6.07) is 3.46. The monoisotopic (exact) mass is 335 g/mol. The van der Waals surface area contributed by atoms with Crippen molar-refractivity contribution in [3.05, 3.63) is 24.3 Å². The average molecular weight is 335 g/mol. The Morgan fingerprint density at radius 3 is 2.10 bits per heavy atom. The van der Waals surface area contributed by atoms with Gasteiger partial charge >= 0.3 is 5.97 Å². The predicted molar refractivity (Wildman–Crippen MR) is 76.1 cm³/mol. The number of sulfone groups is 1. The van der Waals surface area contributed by atoms with Gasteiger partial charge in [0.15, 0.2) is 9.84 Å². The molecule has 2 N–H and O–H groups in total. The lowest BCUT2D eigenvalue weighted by atomic mass is 10.1. The number of benzene rings is 1. The van der Waals surface area contributed by atoms with E-state index >= 15 is 0 Å². The summed E-state index contributed by atoms with van der Waals surface area (Å²) in [5.41, 5.74) is 0. The van der Waals surface area contributed by atoms with Gasteiger partial charge in [-0.25, -0.2) is 16.8 Å². The second-order valence-electron chi connectivity index (χ2n) is 4.93. The summed E-state index contributed by atoms with van der Waals surface area (Å²) in [6.45, 7) is 3.13. The van der Waals surface area contributed by atoms with Crippen molar-refractivity contribution < 1.29 is 26.7 Å². The number of aliphatic carboxylic acids is 1. The van der Waals surface area contributed by atoms with Gasteiger partial charge in [0.1, 0.15) is 6.04 Å². The summed E-state index contributed by atoms with van der Waals surface area (Å²) in [6.07, 6.45) is 0.959. The van der Waals surface area contributed by atoms with Gasteiger partial charge in [-0.1, -0.05) is 19.9 Å². The maximum atomic E-state index is 12.2. The van der Waals surface area contributed by atoms with Crippen molar-refractivity contribution in [1.82, 2.24) is 4.72 Å². The molecule has 0 aliphatic rings. The molecule has 21 heavy (non-hydrogen) atoms. The normalized spacial score (nSPS) is 14.1. The minimum atomic E-state index is -4.13. The van der Waals surface area contributed by atoms with Gasteiger partial charge in [-0.3, -0.25) is 4.79 Å². The van der Waals surface area contributed by atoms with E-state index in [0.717, 1.165) is 12.3 Å². The van der Waals surface area contributed by atoms with Crippen LogP contribution in [0.3, 0.4) is 0 Å². The van der Waals surface area contributed by atoms with Crippen LogP contribution in [-0.4, -0.2) is 40.2 Å². The standard InChI is InChI=1S/C12H17NO6S2/c1-8(2)11(12(14)15)13-21(18,19)10-6-4-5-9(7-10)20(3,16)17/h4-8,11,13H,1-3H3,(H,14,15)/t11-/m1/s1. The highest BCUT2D eigenvalue weighted by Gasteiger charge is 2.28. The third-order valence-electron chi connectivity index (χ3n) is 2.76. The zero-order chi connectivity index (χ0) is 16.4. The second kappa shape index (κ2) is 6.12. The molecule has 1 aromatic carbocycles. The van der Waals surface area contributed by atoms with Gasteiger partial charge in [0.05, 0.1) is 9.79 Å². The van der Waals surface area contributed by atoms with Crippen molar-refractivity contribution >= 4 is 25.8 Å². The molecule has 0 fully saturated rings. The minimum Gasteiger partial charge on any atom is -0.480 e. The first-order valence-corrected chi connectivity index (χ1v) is 9.38. The van der Waals surface area contributed by atoms with Gasteiger partial charge < -0.3 is 5.11 Å². The van der Waals surface area contributed by atoms with Crippen LogP contribution in [-0.2, 0) is 24.7 Å². The fourth-order valence-corrected chi connectivity index (χ4v) is 3.70. The van der Waals surface area contributed by atoms with Crippen LogP contribution in [0.15, 0.2) is 34.1 Å². The number of sulfonamides is 1. The van der Waals surface area contributed by atoms with E-state index in [1.165, 1.54) is 18.2 Å². The van der Waals surface area contributed by atoms with E-state index < -0.39 is 37.8 Å². The average Bonchev–Trinajstić information content (AvgIpc) is 2.34. The van der Waals surface area contributed by atoms with E-state index in [-0.39, 0.29) is 9.79 Å². The van der Waals surface area contributed by atoms with Gasteiger partial charge in [-0.2, -0.15) is 4.72 Å². The molecule has 0 amide bonds. The van der Waals surface area contributed by atoms with Crippen LogP contribution in [0.2, 0.25) is 0 Å². The smallest absolute Gasteiger partial charge is 0.322 e. The van der Waals surface area contributed by atoms with Crippen LogP contribution in [0.4, 0.5) is 0 Å². The molecule has 0 aliphatic carbocycles. The number of carboxylic acid groups (broad SMARTS) is 1. The van der Waals surface area contributed by atoms with E-state index in [0.29, 0.717) is 0 Å². The van der Waals surface area contributed by atoms with Crippen molar-refractivity contribution in [1.29, 1.82) is 0 Å². The summed E-state index contributed by atoms with van der Waals surface area (Å²) in [5.74, 6) is -1.76. The Kier molecular flexibility index (Phi) is 5.13. The van der Waals surface area contributed by atoms with Crippen LogP contribution < -0.4 is 4.72 Å². The van der Waals surface area contributed by atoms with E-state index in [2.05, 4.69) is 4.72 Å². The van der Waals surface area contributed by atoms with E-state index in [4.69, 9.17) is 5.11 Å². The number of carbonyl (C=O) groups is 1. The third kappa shape index (κ3) is 4.51. The number of hydrogen-bond donors (Lipinski definition) is 2. The van der Waals surface area contributed by atoms with Crippen molar-refractivity contribution in [3.8, 4) is 0 Å². The van der Waals surface area contributed by atoms with Crippen LogP contribution >= 0.6 is 0 Å². The molecule has 0 radical (unpaired) electrons. The minimum absolute atomic E-state index is 0.151. The molecule has 0 unspecified atom stereocenters. The van der Waals surface area contributed by atoms with Gasteiger partial charge in [0.2, 0.25) is 10.0 Å². The zero-order valence-corrected chi connectivity index (χ0v) is 13.4. The number of carboxylic acids is 1. The largest absolute Gasteiger partial charge is 0.480 e. The molecular formula is C12H17NO6S2. The number of nitrogens with one attached hydrogen (secondary N) is 1. The molecule has 0 saturated heterocycles. The molecule has 118 valence electrons. The highest BCUT2D eigenvalue weighted by molar-refractivity contribution is 7.91. The molecule has 9 heteroatoms. The molecule has 0 aliphatic heterocycles. The Morgan fingerprint density at radius 1 is 1.14 bits per heavy atom. The fourth-order valence-electron chi connectivity index (χ4n) is 1.58. The highest BCUT2D eigenvalue weighted by atomic mass is 32.2. The van der Waals surface area contributed by atoms with Gasteiger partial charge in [-0.05, 0) is 24.1 Å². The molecule has 0 bridgehead atoms. The fraction of sp³-hybridized carbons (Fsp3) is 0.417. The van der Waals surface area contributed by atoms with Crippen LogP contribution in [0.5, 0.6) is 0 Å². The Bertz CT molecular complexity index is 737. The van der Waals surface area contributed by atoms with E-state index in [9.17, 15) is 21.6 Å². The Hall–Kier alpha value is -1.45. The Morgan fingerprint density at radius 2 is 1.67 bits per heavy atom. The third-order valence-corrected chi connectivity index (χ3v) is 5.31. The molecule has 0 aromatic heterocycles. The van der Waals surface area contributed by atoms with Crippen LogP contribution in [0.25, 0.3) is 0 Å². The van der Waals surface area contributed by atoms with Crippen molar-refractivity contribution in [2.75, 3.05) is 6.26 Å². The second-order valence-corrected chi connectivity index (χ2v) is 8.66. The predicted octanol–water partition coefficient (Wildman–Crippen LogP) is 0.478. The first-order chi connectivity index (χ1) is 9.45. The summed E-state index contributed by atoms with van der Waals surface area (Å²) < 4.78 is 49.3. The van der Waals surface area contributed by atoms with E-state index in [1.54, 1.807) is 13.8 Å². The maximum Gasteiger partial charge on any atom is 0.322 e. The molecule has 0 spiro atoms. The van der Waals surface area contributed by atoms with Gasteiger partial charge in [0, 0.05) is 6.26 Å². The quantitative estimate of drug-likeness (QED) is 0.780. The lowest BCUT2D eigenvalue weighted by Crippen LogP contribution is -2.44. The first kappa shape index (κ1) is 17.6. The summed E-state index contributed by atoms with van der Waals surface area (Å²) in [7, 11) is -7.68. The Balaban J connectivity index is 3.23. The molecule has 0 heterocycles. The van der Waals surface area contributed by atoms with E-state index in [1.807, 2.05) is 0 Å². The first-order valence-electron chi connectivity index (χ1n) is 6.00. The molecular weight excluding hydrogens is 318 g/mol. The summed E-state index contributed by atoms with van der Waals surface area (Å²) in [4.78, 5) is 10.6. The van der Waals surface area contributed by atoms with Gasteiger partial charge in [0.25, 0.3) is 0 Å². The maximum absolute atomic E-state index is 12.2. The molecule has 1 aromatic rings. The number of hydrogen-bond acceptors (Lipinski definition) is 5. The molecule has 7 nitrogen and oxygen atoms in total. The van der Waals surface area contributed by atoms with Crippen molar-refractivity contribution in [3.63, 3.8) is 0 Å². The topological polar surface area (TPSA) is 118 Å². The van der Waals surface area contributed by atoms with Crippen LogP contribution in [0, 0.1) is 5.92 Å². The summed E-state index contributed by atoms with van der Waals surface area (Å²) in [5, 5.41) is 9.01. The zero-order valence-electron chi connectivity index (χ0n) is 11.8. The highest BCUT2D eigenvalue weighted by Crippen LogP contribution is 2.17. The Labute approximate surface area is 124 Å². The number of rotatable bonds is 6. The molecule has 1 atom stereocenters. The molecule has 0 saturated carbocycles. The van der Waals surface area contributed by atoms with Crippen molar-refractivity contribution in [2.45, 2.75) is 29.7 Å². The van der Waals surface area contributed by atoms with Gasteiger partial charge in [-0.15, -0.1) is 0 Å². The van der Waals surface area contributed by atoms with Crippen LogP contribution in [0.1, 0.15) is 13.8 Å². The van der Waals surface area contributed by atoms with Crippen molar-refractivity contribution in [2.24, 2.45) is 5.92 Å². The SMILES string of the molecule is CC(C)[C@@H](NS(=O)(=O)c1cccc(S(C)(=O)=O)c1)C(=O)O. The lowest BCUT2D eigenvalue weighted by Gasteiger charge is -2.18.